The standard InChI is InChI=1S/C19H27NO/c21-19-12-4-3-8-17(19)9-5-10-18(19)20-13-11-15-6-1-2-7-16(15)14-20/h1-2,6-7,17-18,21H,3-5,8-14H2/t17-,18?,19+/m1/s1. The summed E-state index contributed by atoms with van der Waals surface area (Å²) in [7, 11) is 0. The van der Waals surface area contributed by atoms with Crippen molar-refractivity contribution in [1.29, 1.82) is 0 Å². The van der Waals surface area contributed by atoms with Crippen molar-refractivity contribution >= 4 is 0 Å². The van der Waals surface area contributed by atoms with Gasteiger partial charge in [0.15, 0.2) is 0 Å². The average molecular weight is 285 g/mol. The molecule has 3 aliphatic rings. The summed E-state index contributed by atoms with van der Waals surface area (Å²) >= 11 is 0. The molecule has 0 aromatic heterocycles. The smallest absolute Gasteiger partial charge is 0.0830 e. The van der Waals surface area contributed by atoms with Crippen molar-refractivity contribution in [2.75, 3.05) is 6.54 Å². The van der Waals surface area contributed by atoms with Gasteiger partial charge in [-0.3, -0.25) is 4.90 Å². The Hall–Kier alpha value is -0.860. The molecule has 3 atom stereocenters. The van der Waals surface area contributed by atoms with Gasteiger partial charge in [-0.1, -0.05) is 43.5 Å². The second-order valence-electron chi connectivity index (χ2n) is 7.37. The lowest BCUT2D eigenvalue weighted by molar-refractivity contribution is -0.135. The molecule has 0 saturated heterocycles. The number of nitrogens with zero attached hydrogens (tertiary/aromatic N) is 1. The summed E-state index contributed by atoms with van der Waals surface area (Å²) in [6.45, 7) is 2.16. The highest BCUT2D eigenvalue weighted by atomic mass is 16.3. The molecule has 114 valence electrons. The summed E-state index contributed by atoms with van der Waals surface area (Å²) in [5.74, 6) is 0.558. The van der Waals surface area contributed by atoms with Gasteiger partial charge in [0, 0.05) is 19.1 Å². The Balaban J connectivity index is 1.58. The number of fused-ring (bicyclic) bond motifs is 2. The van der Waals surface area contributed by atoms with Gasteiger partial charge in [0.05, 0.1) is 5.60 Å². The van der Waals surface area contributed by atoms with E-state index in [0.29, 0.717) is 12.0 Å². The zero-order valence-corrected chi connectivity index (χ0v) is 12.9. The van der Waals surface area contributed by atoms with E-state index in [0.717, 1.165) is 25.9 Å². The zero-order valence-electron chi connectivity index (χ0n) is 12.9. The second-order valence-corrected chi connectivity index (χ2v) is 7.37. The first kappa shape index (κ1) is 13.8. The molecule has 1 N–H and O–H groups in total. The van der Waals surface area contributed by atoms with Crippen LogP contribution in [0.15, 0.2) is 24.3 Å². The Morgan fingerprint density at radius 3 is 2.71 bits per heavy atom. The van der Waals surface area contributed by atoms with Gasteiger partial charge in [-0.15, -0.1) is 0 Å². The van der Waals surface area contributed by atoms with Crippen LogP contribution in [-0.4, -0.2) is 28.2 Å². The van der Waals surface area contributed by atoms with Crippen LogP contribution < -0.4 is 0 Å². The van der Waals surface area contributed by atoms with Crippen molar-refractivity contribution < 1.29 is 5.11 Å². The highest BCUT2D eigenvalue weighted by molar-refractivity contribution is 5.29. The monoisotopic (exact) mass is 285 g/mol. The maximum atomic E-state index is 11.4. The van der Waals surface area contributed by atoms with Crippen LogP contribution in [0.4, 0.5) is 0 Å². The summed E-state index contributed by atoms with van der Waals surface area (Å²) in [6.07, 6.45) is 9.70. The van der Waals surface area contributed by atoms with Crippen LogP contribution in [0.25, 0.3) is 0 Å². The molecule has 0 radical (unpaired) electrons. The summed E-state index contributed by atoms with van der Waals surface area (Å²) in [6, 6.07) is 9.24. The third-order valence-corrected chi connectivity index (χ3v) is 6.29. The van der Waals surface area contributed by atoms with E-state index in [-0.39, 0.29) is 0 Å². The largest absolute Gasteiger partial charge is 0.388 e. The predicted molar refractivity (Wildman–Crippen MR) is 85.1 cm³/mol. The maximum Gasteiger partial charge on any atom is 0.0830 e. The Labute approximate surface area is 128 Å². The molecule has 0 bridgehead atoms. The van der Waals surface area contributed by atoms with Gasteiger partial charge in [-0.05, 0) is 49.1 Å². The van der Waals surface area contributed by atoms with Crippen molar-refractivity contribution in [2.45, 2.75) is 69.6 Å². The van der Waals surface area contributed by atoms with Crippen LogP contribution >= 0.6 is 0 Å². The molecule has 2 saturated carbocycles. The van der Waals surface area contributed by atoms with Crippen LogP contribution in [0.2, 0.25) is 0 Å². The normalized spacial score (nSPS) is 36.8. The minimum absolute atomic E-state index is 0.393. The van der Waals surface area contributed by atoms with E-state index >= 15 is 0 Å². The van der Waals surface area contributed by atoms with Crippen molar-refractivity contribution in [1.82, 2.24) is 4.90 Å². The Bertz CT molecular complexity index is 512. The molecular formula is C19H27NO. The number of hydrogen-bond acceptors (Lipinski definition) is 2. The molecule has 4 rings (SSSR count). The molecule has 1 unspecified atom stereocenters. The fourth-order valence-corrected chi connectivity index (χ4v) is 5.18. The molecule has 1 aliphatic heterocycles. The van der Waals surface area contributed by atoms with E-state index < -0.39 is 5.60 Å². The lowest BCUT2D eigenvalue weighted by Crippen LogP contribution is -2.60. The Morgan fingerprint density at radius 2 is 1.81 bits per heavy atom. The SMILES string of the molecule is O[C@@]12CCCC[C@@H]1CCCC2N1CCc2ccccc2C1. The molecule has 0 amide bonds. The number of rotatable bonds is 1. The van der Waals surface area contributed by atoms with E-state index in [1.165, 1.54) is 49.7 Å². The minimum Gasteiger partial charge on any atom is -0.388 e. The van der Waals surface area contributed by atoms with E-state index in [2.05, 4.69) is 29.2 Å². The summed E-state index contributed by atoms with van der Waals surface area (Å²) in [5, 5.41) is 11.4. The number of hydrogen-bond donors (Lipinski definition) is 1. The second kappa shape index (κ2) is 5.40. The van der Waals surface area contributed by atoms with Gasteiger partial charge in [0.2, 0.25) is 0 Å². The van der Waals surface area contributed by atoms with Gasteiger partial charge in [0.1, 0.15) is 0 Å². The molecule has 1 aromatic rings. The highest BCUT2D eigenvalue weighted by Gasteiger charge is 2.49. The third-order valence-electron chi connectivity index (χ3n) is 6.29. The first-order valence-corrected chi connectivity index (χ1v) is 8.80. The first-order chi connectivity index (χ1) is 10.3. The van der Waals surface area contributed by atoms with E-state index in [1.807, 2.05) is 0 Å². The fourth-order valence-electron chi connectivity index (χ4n) is 5.18. The van der Waals surface area contributed by atoms with Gasteiger partial charge in [0.25, 0.3) is 0 Å². The van der Waals surface area contributed by atoms with Crippen molar-refractivity contribution in [2.24, 2.45) is 5.92 Å². The lowest BCUT2D eigenvalue weighted by Gasteiger charge is -2.53. The van der Waals surface area contributed by atoms with Gasteiger partial charge in [-0.2, -0.15) is 0 Å². The van der Waals surface area contributed by atoms with Gasteiger partial charge < -0.3 is 5.11 Å². The highest BCUT2D eigenvalue weighted by Crippen LogP contribution is 2.46. The fraction of sp³-hybridized carbons (Fsp3) is 0.684. The Morgan fingerprint density at radius 1 is 1.00 bits per heavy atom. The first-order valence-electron chi connectivity index (χ1n) is 8.80. The van der Waals surface area contributed by atoms with Crippen LogP contribution in [0, 0.1) is 5.92 Å². The van der Waals surface area contributed by atoms with Gasteiger partial charge in [-0.25, -0.2) is 0 Å². The topological polar surface area (TPSA) is 23.5 Å². The molecule has 2 heteroatoms. The van der Waals surface area contributed by atoms with Crippen molar-refractivity contribution in [3.05, 3.63) is 35.4 Å². The summed E-state index contributed by atoms with van der Waals surface area (Å²) in [4.78, 5) is 2.60. The molecule has 0 spiro atoms. The van der Waals surface area contributed by atoms with Crippen LogP contribution in [0.5, 0.6) is 0 Å². The zero-order chi connectivity index (χ0) is 14.3. The van der Waals surface area contributed by atoms with Gasteiger partial charge >= 0.3 is 0 Å². The lowest BCUT2D eigenvalue weighted by atomic mass is 9.64. The quantitative estimate of drug-likeness (QED) is 0.853. The molecule has 21 heavy (non-hydrogen) atoms. The molecule has 2 nitrogen and oxygen atoms in total. The third kappa shape index (κ3) is 2.33. The van der Waals surface area contributed by atoms with E-state index in [1.54, 1.807) is 0 Å². The maximum absolute atomic E-state index is 11.4. The van der Waals surface area contributed by atoms with Crippen molar-refractivity contribution in [3.63, 3.8) is 0 Å². The number of aliphatic hydroxyl groups is 1. The summed E-state index contributed by atoms with van der Waals surface area (Å²) < 4.78 is 0. The molecule has 2 aliphatic carbocycles. The molecule has 1 aromatic carbocycles. The van der Waals surface area contributed by atoms with Crippen LogP contribution in [0.3, 0.4) is 0 Å². The van der Waals surface area contributed by atoms with E-state index in [4.69, 9.17) is 0 Å². The molecule has 1 heterocycles. The Kier molecular flexibility index (Phi) is 3.55. The van der Waals surface area contributed by atoms with Crippen LogP contribution in [0.1, 0.15) is 56.1 Å². The van der Waals surface area contributed by atoms with E-state index in [9.17, 15) is 5.11 Å². The molecular weight excluding hydrogens is 258 g/mol. The minimum atomic E-state index is -0.400. The summed E-state index contributed by atoms with van der Waals surface area (Å²) in [5.41, 5.74) is 2.59. The number of benzene rings is 1. The van der Waals surface area contributed by atoms with Crippen molar-refractivity contribution in [3.8, 4) is 0 Å². The van der Waals surface area contributed by atoms with Crippen LogP contribution in [-0.2, 0) is 13.0 Å². The molecule has 2 fully saturated rings. The predicted octanol–water partition coefficient (Wildman–Crippen LogP) is 3.52. The average Bonchev–Trinajstić information content (AvgIpc) is 2.53.